The fraction of sp³-hybridized carbons (Fsp3) is 0.0588. The first-order valence-electron chi connectivity index (χ1n) is 7.39. The summed E-state index contributed by atoms with van der Waals surface area (Å²) in [6.45, 7) is 1.88. The molecule has 0 unspecified atom stereocenters. The van der Waals surface area contributed by atoms with Gasteiger partial charge in [-0.15, -0.1) is 4.83 Å². The first-order chi connectivity index (χ1) is 12.2. The molecule has 0 saturated carbocycles. The second-order valence-electron chi connectivity index (χ2n) is 5.28. The van der Waals surface area contributed by atoms with Gasteiger partial charge in [0.1, 0.15) is 0 Å². The molecule has 0 atom stereocenters. The number of nitrogens with one attached hydrogen (secondary N) is 3. The van der Waals surface area contributed by atoms with Crippen molar-refractivity contribution in [2.75, 3.05) is 5.32 Å². The summed E-state index contributed by atoms with van der Waals surface area (Å²) in [6, 6.07) is 13.2. The summed E-state index contributed by atoms with van der Waals surface area (Å²) >= 11 is 5.74. The number of halogens is 1. The molecule has 0 aliphatic carbocycles. The summed E-state index contributed by atoms with van der Waals surface area (Å²) in [5.74, 6) is -2.15. The molecule has 0 saturated heterocycles. The highest BCUT2D eigenvalue weighted by molar-refractivity contribution is 7.92. The Labute approximate surface area is 156 Å². The molecule has 0 fully saturated rings. The van der Waals surface area contributed by atoms with Crippen LogP contribution in [-0.2, 0) is 19.6 Å². The van der Waals surface area contributed by atoms with Gasteiger partial charge < -0.3 is 5.32 Å². The van der Waals surface area contributed by atoms with Gasteiger partial charge in [-0.1, -0.05) is 41.4 Å². The second-order valence-corrected chi connectivity index (χ2v) is 7.28. The van der Waals surface area contributed by atoms with E-state index in [1.807, 2.05) is 17.2 Å². The number of amides is 2. The molecule has 26 heavy (non-hydrogen) atoms. The van der Waals surface area contributed by atoms with Gasteiger partial charge in [-0.3, -0.25) is 15.0 Å². The Bertz CT molecular complexity index is 923. The highest BCUT2D eigenvalue weighted by Crippen LogP contribution is 2.11. The number of anilines is 1. The lowest BCUT2D eigenvalue weighted by Crippen LogP contribution is -2.45. The van der Waals surface area contributed by atoms with E-state index in [1.165, 1.54) is 6.08 Å². The summed E-state index contributed by atoms with van der Waals surface area (Å²) < 4.78 is 23.6. The Balaban J connectivity index is 1.89. The molecule has 9 heteroatoms. The van der Waals surface area contributed by atoms with Crippen molar-refractivity contribution < 1.29 is 18.0 Å². The minimum Gasteiger partial charge on any atom is -0.318 e. The number of benzene rings is 2. The molecule has 3 N–H and O–H groups in total. The molecule has 0 aliphatic rings. The Morgan fingerprint density at radius 3 is 2.19 bits per heavy atom. The maximum atomic E-state index is 11.8. The molecule has 2 rings (SSSR count). The highest BCUT2D eigenvalue weighted by Gasteiger charge is 2.15. The van der Waals surface area contributed by atoms with E-state index in [4.69, 9.17) is 11.6 Å². The Hall–Kier alpha value is -2.68. The van der Waals surface area contributed by atoms with Crippen molar-refractivity contribution in [1.29, 1.82) is 0 Å². The number of rotatable bonds is 5. The maximum absolute atomic E-state index is 11.8. The molecule has 136 valence electrons. The van der Waals surface area contributed by atoms with Crippen LogP contribution in [0.15, 0.2) is 53.9 Å². The number of aryl methyl sites for hydroxylation is 1. The standard InChI is InChI=1S/C17H16ClN3O4S/c1-12-2-8-15(9-3-12)19-16(22)17(23)20-21-26(24,25)11-10-13-4-6-14(18)7-5-13/h2-11,21H,1H3,(H,19,22)(H,20,23)/b11-10+. The van der Waals surface area contributed by atoms with Crippen LogP contribution >= 0.6 is 11.6 Å². The monoisotopic (exact) mass is 393 g/mol. The van der Waals surface area contributed by atoms with Crippen LogP contribution in [-0.4, -0.2) is 20.2 Å². The quantitative estimate of drug-likeness (QED) is 0.535. The molecule has 2 aromatic carbocycles. The summed E-state index contributed by atoms with van der Waals surface area (Å²) in [7, 11) is -3.97. The van der Waals surface area contributed by atoms with E-state index in [1.54, 1.807) is 48.5 Å². The average Bonchev–Trinajstić information content (AvgIpc) is 2.61. The maximum Gasteiger partial charge on any atom is 0.324 e. The van der Waals surface area contributed by atoms with Gasteiger partial charge in [-0.2, -0.15) is 0 Å². The highest BCUT2D eigenvalue weighted by atomic mass is 35.5. The van der Waals surface area contributed by atoms with Gasteiger partial charge in [0.25, 0.3) is 10.0 Å². The third-order valence-electron chi connectivity index (χ3n) is 3.13. The molecule has 0 heterocycles. The Kier molecular flexibility index (Phi) is 6.51. The van der Waals surface area contributed by atoms with Crippen LogP contribution < -0.4 is 15.6 Å². The van der Waals surface area contributed by atoms with Gasteiger partial charge in [0, 0.05) is 16.1 Å². The zero-order chi connectivity index (χ0) is 19.2. The van der Waals surface area contributed by atoms with Crippen LogP contribution in [0.25, 0.3) is 6.08 Å². The zero-order valence-electron chi connectivity index (χ0n) is 13.7. The van der Waals surface area contributed by atoms with Crippen LogP contribution in [0, 0.1) is 6.92 Å². The lowest BCUT2D eigenvalue weighted by atomic mass is 10.2. The lowest BCUT2D eigenvalue weighted by Gasteiger charge is -2.07. The number of carbonyl (C=O) groups excluding carboxylic acids is 2. The number of hydrogen-bond acceptors (Lipinski definition) is 4. The molecule has 0 aliphatic heterocycles. The molecule has 7 nitrogen and oxygen atoms in total. The van der Waals surface area contributed by atoms with E-state index in [0.29, 0.717) is 16.3 Å². The first kappa shape index (κ1) is 19.6. The number of hydrazine groups is 1. The smallest absolute Gasteiger partial charge is 0.318 e. The van der Waals surface area contributed by atoms with Crippen molar-refractivity contribution in [3.05, 3.63) is 70.1 Å². The average molecular weight is 394 g/mol. The van der Waals surface area contributed by atoms with E-state index in [2.05, 4.69) is 5.32 Å². The molecule has 0 aromatic heterocycles. The minimum atomic E-state index is -3.97. The van der Waals surface area contributed by atoms with Gasteiger partial charge in [-0.25, -0.2) is 8.42 Å². The molecular weight excluding hydrogens is 378 g/mol. The largest absolute Gasteiger partial charge is 0.324 e. The minimum absolute atomic E-state index is 0.418. The SMILES string of the molecule is Cc1ccc(NC(=O)C(=O)NNS(=O)(=O)/C=C/c2ccc(Cl)cc2)cc1. The van der Waals surface area contributed by atoms with Crippen LogP contribution in [0.2, 0.25) is 5.02 Å². The van der Waals surface area contributed by atoms with Crippen molar-refractivity contribution in [1.82, 2.24) is 10.3 Å². The van der Waals surface area contributed by atoms with Crippen molar-refractivity contribution in [2.45, 2.75) is 6.92 Å². The second kappa shape index (κ2) is 8.61. The topological polar surface area (TPSA) is 104 Å². The van der Waals surface area contributed by atoms with Gasteiger partial charge in [0.05, 0.1) is 0 Å². The number of hydrogen-bond donors (Lipinski definition) is 3. The molecule has 0 spiro atoms. The van der Waals surface area contributed by atoms with E-state index in [-0.39, 0.29) is 0 Å². The van der Waals surface area contributed by atoms with Gasteiger partial charge >= 0.3 is 11.8 Å². The van der Waals surface area contributed by atoms with E-state index in [0.717, 1.165) is 11.0 Å². The zero-order valence-corrected chi connectivity index (χ0v) is 15.3. The van der Waals surface area contributed by atoms with Gasteiger partial charge in [0.2, 0.25) is 0 Å². The van der Waals surface area contributed by atoms with E-state index >= 15 is 0 Å². The van der Waals surface area contributed by atoms with E-state index < -0.39 is 21.8 Å². The van der Waals surface area contributed by atoms with Crippen LogP contribution in [0.4, 0.5) is 5.69 Å². The van der Waals surface area contributed by atoms with Crippen molar-refractivity contribution in [3.8, 4) is 0 Å². The Morgan fingerprint density at radius 1 is 0.962 bits per heavy atom. The normalized spacial score (nSPS) is 11.3. The fourth-order valence-corrected chi connectivity index (χ4v) is 2.54. The lowest BCUT2D eigenvalue weighted by molar-refractivity contribution is -0.136. The number of sulfonamides is 1. The van der Waals surface area contributed by atoms with Crippen LogP contribution in [0.3, 0.4) is 0 Å². The predicted molar refractivity (Wildman–Crippen MR) is 100 cm³/mol. The fourth-order valence-electron chi connectivity index (χ4n) is 1.78. The summed E-state index contributed by atoms with van der Waals surface area (Å²) in [5.41, 5.74) is 3.85. The third-order valence-corrected chi connectivity index (χ3v) is 4.27. The van der Waals surface area contributed by atoms with Gasteiger partial charge in [-0.05, 0) is 42.8 Å². The van der Waals surface area contributed by atoms with Crippen LogP contribution in [0.5, 0.6) is 0 Å². The molecule has 0 bridgehead atoms. The summed E-state index contributed by atoms with van der Waals surface area (Å²) in [4.78, 5) is 25.2. The van der Waals surface area contributed by atoms with Crippen molar-refractivity contribution in [3.63, 3.8) is 0 Å². The van der Waals surface area contributed by atoms with Crippen molar-refractivity contribution in [2.24, 2.45) is 0 Å². The number of carbonyl (C=O) groups is 2. The first-order valence-corrected chi connectivity index (χ1v) is 9.31. The van der Waals surface area contributed by atoms with Crippen molar-refractivity contribution >= 4 is 45.2 Å². The van der Waals surface area contributed by atoms with Gasteiger partial charge in [0.15, 0.2) is 0 Å². The van der Waals surface area contributed by atoms with Crippen LogP contribution in [0.1, 0.15) is 11.1 Å². The molecule has 2 amide bonds. The summed E-state index contributed by atoms with van der Waals surface area (Å²) in [6.07, 6.45) is 1.32. The molecular formula is C17H16ClN3O4S. The third kappa shape index (κ3) is 6.32. The Morgan fingerprint density at radius 2 is 1.58 bits per heavy atom. The summed E-state index contributed by atoms with van der Waals surface area (Å²) in [5, 5.41) is 3.73. The van der Waals surface area contributed by atoms with E-state index in [9.17, 15) is 18.0 Å². The predicted octanol–water partition coefficient (Wildman–Crippen LogP) is 2.21. The molecule has 2 aromatic rings. The molecule has 0 radical (unpaired) electrons.